The summed E-state index contributed by atoms with van der Waals surface area (Å²) in [5.41, 5.74) is 2.54. The number of hydrogen-bond acceptors (Lipinski definition) is 2. The Bertz CT molecular complexity index is 714. The molecule has 0 saturated heterocycles. The van der Waals surface area contributed by atoms with Gasteiger partial charge in [-0.2, -0.15) is 0 Å². The van der Waals surface area contributed by atoms with Crippen molar-refractivity contribution in [1.29, 1.82) is 0 Å². The van der Waals surface area contributed by atoms with Crippen LogP contribution in [0.2, 0.25) is 10.0 Å². The summed E-state index contributed by atoms with van der Waals surface area (Å²) in [6.07, 6.45) is 0. The van der Waals surface area contributed by atoms with Crippen LogP contribution < -0.4 is 10.1 Å². The fraction of sp³-hybridized carbons (Fsp3) is 0.278. The molecule has 2 rings (SSSR count). The second-order valence-corrected chi connectivity index (χ2v) is 6.48. The lowest BCUT2D eigenvalue weighted by atomic mass is 10.0. The van der Waals surface area contributed by atoms with Crippen molar-refractivity contribution in [2.24, 2.45) is 0 Å². The first-order valence-corrected chi connectivity index (χ1v) is 8.10. The van der Waals surface area contributed by atoms with Crippen LogP contribution >= 0.6 is 23.2 Å². The molecule has 3 nitrogen and oxygen atoms in total. The molecule has 0 aromatic heterocycles. The average molecular weight is 352 g/mol. The number of carbonyl (C=O) groups is 1. The first kappa shape index (κ1) is 17.6. The van der Waals surface area contributed by atoms with Crippen molar-refractivity contribution >= 4 is 34.8 Å². The number of halogens is 2. The Morgan fingerprint density at radius 3 is 2.61 bits per heavy atom. The van der Waals surface area contributed by atoms with Crippen LogP contribution in [0.4, 0.5) is 5.69 Å². The summed E-state index contributed by atoms with van der Waals surface area (Å²) in [5, 5.41) is 4.02. The van der Waals surface area contributed by atoms with E-state index in [1.165, 1.54) is 0 Å². The van der Waals surface area contributed by atoms with E-state index < -0.39 is 0 Å². The fourth-order valence-corrected chi connectivity index (χ4v) is 2.52. The highest BCUT2D eigenvalue weighted by molar-refractivity contribution is 6.31. The summed E-state index contributed by atoms with van der Waals surface area (Å²) in [4.78, 5) is 12.0. The van der Waals surface area contributed by atoms with Gasteiger partial charge in [0.2, 0.25) is 0 Å². The number of ether oxygens (including phenoxy) is 1. The predicted molar refractivity (Wildman–Crippen MR) is 95.9 cm³/mol. The summed E-state index contributed by atoms with van der Waals surface area (Å²) in [5.74, 6) is 0.691. The van der Waals surface area contributed by atoms with Crippen molar-refractivity contribution in [2.75, 3.05) is 11.9 Å². The maximum absolute atomic E-state index is 12.0. The second kappa shape index (κ2) is 7.71. The van der Waals surface area contributed by atoms with E-state index in [-0.39, 0.29) is 18.4 Å². The molecule has 0 aliphatic heterocycles. The van der Waals surface area contributed by atoms with Crippen LogP contribution in [0.5, 0.6) is 5.75 Å². The van der Waals surface area contributed by atoms with E-state index in [1.54, 1.807) is 24.3 Å². The highest BCUT2D eigenvalue weighted by atomic mass is 35.5. The average Bonchev–Trinajstić information content (AvgIpc) is 2.47. The largest absolute Gasteiger partial charge is 0.483 e. The highest BCUT2D eigenvalue weighted by Gasteiger charge is 2.13. The molecule has 1 N–H and O–H groups in total. The lowest BCUT2D eigenvalue weighted by Crippen LogP contribution is -2.20. The van der Waals surface area contributed by atoms with E-state index in [9.17, 15) is 4.79 Å². The Balaban J connectivity index is 2.05. The van der Waals surface area contributed by atoms with Gasteiger partial charge in [0, 0.05) is 15.7 Å². The monoisotopic (exact) mass is 351 g/mol. The van der Waals surface area contributed by atoms with Gasteiger partial charge < -0.3 is 10.1 Å². The molecule has 0 atom stereocenters. The Hall–Kier alpha value is -1.71. The highest BCUT2D eigenvalue weighted by Crippen LogP contribution is 2.32. The molecule has 0 heterocycles. The zero-order valence-electron chi connectivity index (χ0n) is 13.3. The SMILES string of the molecule is Cc1cc(OCC(=O)Nc2cccc(Cl)c2)c(C(C)C)cc1Cl. The van der Waals surface area contributed by atoms with Crippen molar-refractivity contribution in [2.45, 2.75) is 26.7 Å². The molecule has 5 heteroatoms. The van der Waals surface area contributed by atoms with Gasteiger partial charge in [0.25, 0.3) is 5.91 Å². The summed E-state index contributed by atoms with van der Waals surface area (Å²) in [6.45, 7) is 5.94. The number of anilines is 1. The van der Waals surface area contributed by atoms with E-state index in [1.807, 2.05) is 19.1 Å². The van der Waals surface area contributed by atoms with Crippen molar-refractivity contribution in [3.63, 3.8) is 0 Å². The van der Waals surface area contributed by atoms with Gasteiger partial charge in [-0.05, 0) is 54.3 Å². The molecule has 1 amide bonds. The van der Waals surface area contributed by atoms with Gasteiger partial charge in [-0.1, -0.05) is 43.1 Å². The summed E-state index contributed by atoms with van der Waals surface area (Å²) < 4.78 is 5.69. The standard InChI is InChI=1S/C18H19Cl2NO2/c1-11(2)15-9-16(20)12(3)7-17(15)23-10-18(22)21-14-6-4-5-13(19)8-14/h4-9,11H,10H2,1-3H3,(H,21,22). The summed E-state index contributed by atoms with van der Waals surface area (Å²) in [7, 11) is 0. The molecule has 0 saturated carbocycles. The van der Waals surface area contributed by atoms with Gasteiger partial charge in [-0.25, -0.2) is 0 Å². The van der Waals surface area contributed by atoms with Gasteiger partial charge in [0.1, 0.15) is 5.75 Å². The van der Waals surface area contributed by atoms with Crippen LogP contribution in [0, 0.1) is 6.92 Å². The number of amides is 1. The second-order valence-electron chi connectivity index (χ2n) is 5.64. The van der Waals surface area contributed by atoms with E-state index >= 15 is 0 Å². The van der Waals surface area contributed by atoms with E-state index in [2.05, 4.69) is 19.2 Å². The number of rotatable bonds is 5. The number of benzene rings is 2. The Labute approximate surface area is 146 Å². The van der Waals surface area contributed by atoms with E-state index in [4.69, 9.17) is 27.9 Å². The normalized spacial score (nSPS) is 10.7. The molecule has 0 spiro atoms. The molecule has 0 fully saturated rings. The maximum atomic E-state index is 12.0. The molecule has 0 radical (unpaired) electrons. The minimum atomic E-state index is -0.241. The smallest absolute Gasteiger partial charge is 0.262 e. The Morgan fingerprint density at radius 2 is 1.96 bits per heavy atom. The first-order chi connectivity index (χ1) is 10.9. The first-order valence-electron chi connectivity index (χ1n) is 7.35. The summed E-state index contributed by atoms with van der Waals surface area (Å²) >= 11 is 12.1. The number of hydrogen-bond donors (Lipinski definition) is 1. The van der Waals surface area contributed by atoms with Crippen molar-refractivity contribution in [1.82, 2.24) is 0 Å². The van der Waals surface area contributed by atoms with Gasteiger partial charge in [0.15, 0.2) is 6.61 Å². The molecule has 2 aromatic rings. The van der Waals surface area contributed by atoms with Gasteiger partial charge in [-0.15, -0.1) is 0 Å². The quantitative estimate of drug-likeness (QED) is 0.778. The van der Waals surface area contributed by atoms with Gasteiger partial charge >= 0.3 is 0 Å². The van der Waals surface area contributed by atoms with Crippen LogP contribution in [0.15, 0.2) is 36.4 Å². The van der Waals surface area contributed by atoms with Crippen LogP contribution in [0.25, 0.3) is 0 Å². The van der Waals surface area contributed by atoms with E-state index in [0.29, 0.717) is 21.5 Å². The lowest BCUT2D eigenvalue weighted by molar-refractivity contribution is -0.118. The third-order valence-corrected chi connectivity index (χ3v) is 4.02. The molecule has 23 heavy (non-hydrogen) atoms. The van der Waals surface area contributed by atoms with Crippen LogP contribution in [0.1, 0.15) is 30.9 Å². The van der Waals surface area contributed by atoms with Crippen LogP contribution in [0.3, 0.4) is 0 Å². The minimum Gasteiger partial charge on any atom is -0.483 e. The molecule has 122 valence electrons. The molecule has 0 aliphatic rings. The number of aryl methyl sites for hydroxylation is 1. The van der Waals surface area contributed by atoms with Crippen molar-refractivity contribution in [3.8, 4) is 5.75 Å². The van der Waals surface area contributed by atoms with E-state index in [0.717, 1.165) is 11.1 Å². The molecule has 0 unspecified atom stereocenters. The third kappa shape index (κ3) is 4.88. The minimum absolute atomic E-state index is 0.0761. The lowest BCUT2D eigenvalue weighted by Gasteiger charge is -2.16. The zero-order chi connectivity index (χ0) is 17.0. The molecule has 2 aromatic carbocycles. The number of nitrogens with one attached hydrogen (secondary N) is 1. The van der Waals surface area contributed by atoms with Crippen LogP contribution in [-0.2, 0) is 4.79 Å². The Kier molecular flexibility index (Phi) is 5.91. The third-order valence-electron chi connectivity index (χ3n) is 3.38. The topological polar surface area (TPSA) is 38.3 Å². The van der Waals surface area contributed by atoms with Crippen molar-refractivity contribution < 1.29 is 9.53 Å². The molecular formula is C18H19Cl2NO2. The maximum Gasteiger partial charge on any atom is 0.262 e. The number of carbonyl (C=O) groups excluding carboxylic acids is 1. The fourth-order valence-electron chi connectivity index (χ4n) is 2.15. The summed E-state index contributed by atoms with van der Waals surface area (Å²) in [6, 6.07) is 10.7. The predicted octanol–water partition coefficient (Wildman–Crippen LogP) is 5.44. The van der Waals surface area contributed by atoms with Crippen molar-refractivity contribution in [3.05, 3.63) is 57.6 Å². The molecule has 0 bridgehead atoms. The molecular weight excluding hydrogens is 333 g/mol. The zero-order valence-corrected chi connectivity index (χ0v) is 14.8. The van der Waals surface area contributed by atoms with Crippen LogP contribution in [-0.4, -0.2) is 12.5 Å². The Morgan fingerprint density at radius 1 is 1.22 bits per heavy atom. The van der Waals surface area contributed by atoms with Gasteiger partial charge in [-0.3, -0.25) is 4.79 Å². The van der Waals surface area contributed by atoms with Gasteiger partial charge in [0.05, 0.1) is 0 Å². The molecule has 0 aliphatic carbocycles.